The van der Waals surface area contributed by atoms with E-state index in [1.54, 1.807) is 0 Å². The number of pyridine rings is 2. The first-order chi connectivity index (χ1) is 14.1. The van der Waals surface area contributed by atoms with E-state index in [0.29, 0.717) is 6.07 Å². The third-order valence-corrected chi connectivity index (χ3v) is 5.00. The van der Waals surface area contributed by atoms with Gasteiger partial charge in [-0.1, -0.05) is 0 Å². The molecule has 0 amide bonds. The average Bonchev–Trinajstić information content (AvgIpc) is 3.41. The molecule has 3 N–H and O–H groups in total. The van der Waals surface area contributed by atoms with Crippen molar-refractivity contribution < 1.29 is 39.5 Å². The standard InChI is InChI=1S/C11H9BrF6N2.C6H5F3N2/c12-7-4-19-8(3-6(7)10(13,14)15)20-5-9(1-2-9)11(16,17)18;7-6(8,9)4-2-1-3-11-5(4)10/h3-4H,1-2,5H2,(H,19,20);1-3H,(H2,10,11). The van der Waals surface area contributed by atoms with E-state index < -0.39 is 47.4 Å². The molecule has 1 aliphatic rings. The number of hydrogen-bond donors (Lipinski definition) is 2. The Hall–Kier alpha value is -2.25. The van der Waals surface area contributed by atoms with E-state index in [9.17, 15) is 39.5 Å². The van der Waals surface area contributed by atoms with E-state index in [-0.39, 0.29) is 23.1 Å². The Kier molecular flexibility index (Phi) is 7.03. The first kappa shape index (κ1) is 25.0. The number of aromatic nitrogens is 2. The van der Waals surface area contributed by atoms with Crippen molar-refractivity contribution in [3.8, 4) is 0 Å². The fraction of sp³-hybridized carbons (Fsp3) is 0.412. The van der Waals surface area contributed by atoms with Gasteiger partial charge in [-0.05, 0) is 47.0 Å². The van der Waals surface area contributed by atoms with E-state index in [1.807, 2.05) is 0 Å². The molecule has 0 spiro atoms. The van der Waals surface area contributed by atoms with Crippen molar-refractivity contribution in [2.45, 2.75) is 31.4 Å². The summed E-state index contributed by atoms with van der Waals surface area (Å²) in [6, 6.07) is 2.78. The first-order valence-electron chi connectivity index (χ1n) is 8.38. The van der Waals surface area contributed by atoms with Gasteiger partial charge >= 0.3 is 18.5 Å². The Morgan fingerprint density at radius 1 is 0.968 bits per heavy atom. The van der Waals surface area contributed by atoms with Gasteiger partial charge in [0, 0.05) is 23.4 Å². The van der Waals surface area contributed by atoms with Crippen molar-refractivity contribution in [3.63, 3.8) is 0 Å². The number of rotatable bonds is 3. The number of nitrogens with one attached hydrogen (secondary N) is 1. The van der Waals surface area contributed by atoms with Crippen LogP contribution in [0.15, 0.2) is 35.1 Å². The molecule has 2 aromatic rings. The Labute approximate surface area is 178 Å². The molecule has 2 heterocycles. The van der Waals surface area contributed by atoms with E-state index in [0.717, 1.165) is 12.3 Å². The van der Waals surface area contributed by atoms with E-state index in [2.05, 4.69) is 31.2 Å². The van der Waals surface area contributed by atoms with Crippen molar-refractivity contribution >= 4 is 27.6 Å². The molecule has 31 heavy (non-hydrogen) atoms. The first-order valence-corrected chi connectivity index (χ1v) is 9.17. The normalized spacial score (nSPS) is 15.7. The summed E-state index contributed by atoms with van der Waals surface area (Å²) in [7, 11) is 0. The highest BCUT2D eigenvalue weighted by Crippen LogP contribution is 2.57. The van der Waals surface area contributed by atoms with Gasteiger partial charge in [0.1, 0.15) is 11.6 Å². The Bertz CT molecular complexity index is 906. The maximum absolute atomic E-state index is 12.7. The fourth-order valence-electron chi connectivity index (χ4n) is 2.38. The van der Waals surface area contributed by atoms with E-state index in [4.69, 9.17) is 5.73 Å². The molecule has 0 unspecified atom stereocenters. The number of hydrogen-bond acceptors (Lipinski definition) is 4. The van der Waals surface area contributed by atoms with Crippen molar-refractivity contribution in [3.05, 3.63) is 46.2 Å². The summed E-state index contributed by atoms with van der Waals surface area (Å²) in [5.41, 5.74) is 1.27. The highest BCUT2D eigenvalue weighted by molar-refractivity contribution is 9.10. The third kappa shape index (κ3) is 6.37. The van der Waals surface area contributed by atoms with Crippen LogP contribution in [0.3, 0.4) is 0 Å². The second-order valence-electron chi connectivity index (χ2n) is 6.61. The summed E-state index contributed by atoms with van der Waals surface area (Å²) in [4.78, 5) is 6.94. The van der Waals surface area contributed by atoms with Gasteiger partial charge in [0.2, 0.25) is 0 Å². The van der Waals surface area contributed by atoms with Crippen LogP contribution in [0.25, 0.3) is 0 Å². The number of nitrogen functional groups attached to an aromatic ring is 1. The molecule has 0 atom stereocenters. The van der Waals surface area contributed by atoms with Gasteiger partial charge in [-0.3, -0.25) is 0 Å². The maximum Gasteiger partial charge on any atom is 0.419 e. The molecule has 14 heteroatoms. The van der Waals surface area contributed by atoms with Crippen LogP contribution in [-0.2, 0) is 12.4 Å². The molecule has 1 aliphatic carbocycles. The average molecular weight is 525 g/mol. The molecule has 172 valence electrons. The highest BCUT2D eigenvalue weighted by atomic mass is 79.9. The summed E-state index contributed by atoms with van der Waals surface area (Å²) in [5, 5.41) is 2.34. The molecule has 1 saturated carbocycles. The molecule has 0 saturated heterocycles. The van der Waals surface area contributed by atoms with Gasteiger partial charge in [0.15, 0.2) is 0 Å². The molecule has 0 bridgehead atoms. The highest BCUT2D eigenvalue weighted by Gasteiger charge is 2.62. The van der Waals surface area contributed by atoms with Gasteiger partial charge in [-0.15, -0.1) is 0 Å². The monoisotopic (exact) mass is 524 g/mol. The second-order valence-corrected chi connectivity index (χ2v) is 7.47. The minimum atomic E-state index is -4.60. The third-order valence-electron chi connectivity index (χ3n) is 4.37. The maximum atomic E-state index is 12.7. The lowest BCUT2D eigenvalue weighted by molar-refractivity contribution is -0.182. The summed E-state index contributed by atoms with van der Waals surface area (Å²) < 4.78 is 111. The minimum absolute atomic E-state index is 0.0217. The lowest BCUT2D eigenvalue weighted by Gasteiger charge is -2.20. The van der Waals surface area contributed by atoms with Gasteiger partial charge in [0.25, 0.3) is 0 Å². The molecule has 3 rings (SSSR count). The van der Waals surface area contributed by atoms with Crippen LogP contribution in [-0.4, -0.2) is 22.7 Å². The molecule has 0 aliphatic heterocycles. The zero-order valence-electron chi connectivity index (χ0n) is 15.3. The zero-order chi connectivity index (χ0) is 23.7. The lowest BCUT2D eigenvalue weighted by atomic mass is 10.1. The quantitative estimate of drug-likeness (QED) is 0.462. The van der Waals surface area contributed by atoms with Crippen LogP contribution in [0.1, 0.15) is 24.0 Å². The minimum Gasteiger partial charge on any atom is -0.383 e. The Balaban J connectivity index is 0.000000262. The number of nitrogens with zero attached hydrogens (tertiary/aromatic N) is 2. The zero-order valence-corrected chi connectivity index (χ0v) is 16.8. The van der Waals surface area contributed by atoms with Gasteiger partial charge in [-0.2, -0.15) is 39.5 Å². The smallest absolute Gasteiger partial charge is 0.383 e. The largest absolute Gasteiger partial charge is 0.419 e. The predicted molar refractivity (Wildman–Crippen MR) is 96.8 cm³/mol. The van der Waals surface area contributed by atoms with Crippen molar-refractivity contribution in [1.82, 2.24) is 9.97 Å². The van der Waals surface area contributed by atoms with Gasteiger partial charge in [-0.25, -0.2) is 9.97 Å². The SMILES string of the molecule is FC(F)(F)c1cc(NCC2(C(F)(F)F)CC2)ncc1Br.Nc1ncccc1C(F)(F)F. The van der Waals surface area contributed by atoms with Gasteiger partial charge in [0.05, 0.1) is 16.5 Å². The predicted octanol–water partition coefficient (Wildman–Crippen LogP) is 6.30. The van der Waals surface area contributed by atoms with Crippen LogP contribution in [0, 0.1) is 5.41 Å². The second kappa shape index (κ2) is 8.71. The molecular weight excluding hydrogens is 511 g/mol. The molecule has 1 fully saturated rings. The molecule has 2 aromatic heterocycles. The van der Waals surface area contributed by atoms with Crippen LogP contribution >= 0.6 is 15.9 Å². The number of halogens is 10. The van der Waals surface area contributed by atoms with Gasteiger partial charge < -0.3 is 11.1 Å². The fourth-order valence-corrected chi connectivity index (χ4v) is 2.82. The number of nitrogens with two attached hydrogens (primary N) is 1. The van der Waals surface area contributed by atoms with Crippen LogP contribution in [0.4, 0.5) is 51.1 Å². The molecule has 0 radical (unpaired) electrons. The topological polar surface area (TPSA) is 63.8 Å². The van der Waals surface area contributed by atoms with Crippen LogP contribution < -0.4 is 11.1 Å². The molecular formula is C17H14BrF9N4. The van der Waals surface area contributed by atoms with E-state index >= 15 is 0 Å². The summed E-state index contributed by atoms with van der Waals surface area (Å²) in [6.45, 7) is -0.470. The summed E-state index contributed by atoms with van der Waals surface area (Å²) >= 11 is 2.71. The number of anilines is 2. The summed E-state index contributed by atoms with van der Waals surface area (Å²) in [6.07, 6.45) is -11.3. The molecule has 4 nitrogen and oxygen atoms in total. The molecule has 0 aromatic carbocycles. The van der Waals surface area contributed by atoms with Crippen LogP contribution in [0.5, 0.6) is 0 Å². The lowest BCUT2D eigenvalue weighted by Crippen LogP contribution is -2.31. The van der Waals surface area contributed by atoms with Crippen LogP contribution in [0.2, 0.25) is 0 Å². The van der Waals surface area contributed by atoms with Crippen molar-refractivity contribution in [2.75, 3.05) is 17.6 Å². The van der Waals surface area contributed by atoms with E-state index in [1.165, 1.54) is 12.3 Å². The Morgan fingerprint density at radius 2 is 1.55 bits per heavy atom. The number of alkyl halides is 9. The Morgan fingerprint density at radius 3 is 1.97 bits per heavy atom. The van der Waals surface area contributed by atoms with Crippen molar-refractivity contribution in [1.29, 1.82) is 0 Å². The summed E-state index contributed by atoms with van der Waals surface area (Å²) in [5.74, 6) is -0.712. The van der Waals surface area contributed by atoms with Crippen molar-refractivity contribution in [2.24, 2.45) is 5.41 Å².